The fraction of sp³-hybridized carbons (Fsp3) is 0.562. The molecule has 0 aromatic heterocycles. The van der Waals surface area contributed by atoms with Crippen LogP contribution in [-0.2, 0) is 9.53 Å². The lowest BCUT2D eigenvalue weighted by Crippen LogP contribution is -1.99. The van der Waals surface area contributed by atoms with Crippen molar-refractivity contribution in [1.82, 2.24) is 0 Å². The molecule has 0 radical (unpaired) electrons. The summed E-state index contributed by atoms with van der Waals surface area (Å²) in [4.78, 5) is 10.9. The molecule has 0 bridgehead atoms. The van der Waals surface area contributed by atoms with Crippen LogP contribution in [0, 0.1) is 0 Å². The second-order valence-corrected chi connectivity index (χ2v) is 4.84. The van der Waals surface area contributed by atoms with Crippen molar-refractivity contribution in [3.63, 3.8) is 0 Å². The van der Waals surface area contributed by atoms with Crippen molar-refractivity contribution in [3.8, 4) is 0 Å². The third-order valence-electron chi connectivity index (χ3n) is 3.36. The molecule has 0 aliphatic carbocycles. The number of unbranched alkanes of at least 4 members (excludes halogenated alkanes) is 3. The van der Waals surface area contributed by atoms with Crippen molar-refractivity contribution < 1.29 is 9.53 Å². The van der Waals surface area contributed by atoms with Crippen LogP contribution in [0.5, 0.6) is 0 Å². The lowest BCUT2D eigenvalue weighted by molar-refractivity contribution is -0.140. The van der Waals surface area contributed by atoms with E-state index in [2.05, 4.69) is 42.0 Å². The molecule has 0 heterocycles. The Morgan fingerprint density at radius 2 is 1.78 bits per heavy atom. The van der Waals surface area contributed by atoms with E-state index in [0.29, 0.717) is 12.3 Å². The highest BCUT2D eigenvalue weighted by atomic mass is 16.5. The number of benzene rings is 1. The molecular weight excluding hydrogens is 224 g/mol. The monoisotopic (exact) mass is 248 g/mol. The largest absolute Gasteiger partial charge is 0.469 e. The summed E-state index contributed by atoms with van der Waals surface area (Å²) in [6.45, 7) is 2.28. The molecule has 18 heavy (non-hydrogen) atoms. The van der Waals surface area contributed by atoms with E-state index in [1.807, 2.05) is 0 Å². The Kier molecular flexibility index (Phi) is 7.16. The van der Waals surface area contributed by atoms with E-state index in [4.69, 9.17) is 0 Å². The Hall–Kier alpha value is -1.31. The van der Waals surface area contributed by atoms with E-state index in [9.17, 15) is 4.79 Å². The number of hydrogen-bond acceptors (Lipinski definition) is 2. The highest BCUT2D eigenvalue weighted by molar-refractivity contribution is 5.68. The van der Waals surface area contributed by atoms with Gasteiger partial charge in [-0.2, -0.15) is 0 Å². The van der Waals surface area contributed by atoms with Crippen LogP contribution in [0.25, 0.3) is 0 Å². The molecule has 0 N–H and O–H groups in total. The van der Waals surface area contributed by atoms with Crippen molar-refractivity contribution in [1.29, 1.82) is 0 Å². The molecule has 0 aliphatic heterocycles. The second kappa shape index (κ2) is 8.73. The minimum Gasteiger partial charge on any atom is -0.469 e. The van der Waals surface area contributed by atoms with Crippen molar-refractivity contribution in [2.75, 3.05) is 7.11 Å². The van der Waals surface area contributed by atoms with Gasteiger partial charge < -0.3 is 4.74 Å². The number of hydrogen-bond donors (Lipinski definition) is 0. The van der Waals surface area contributed by atoms with Crippen LogP contribution >= 0.6 is 0 Å². The molecule has 1 unspecified atom stereocenters. The predicted octanol–water partition coefficient (Wildman–Crippen LogP) is 4.30. The van der Waals surface area contributed by atoms with Crippen molar-refractivity contribution in [3.05, 3.63) is 35.9 Å². The quantitative estimate of drug-likeness (QED) is 0.506. The minimum atomic E-state index is -0.0901. The van der Waals surface area contributed by atoms with Gasteiger partial charge in [0.05, 0.1) is 7.11 Å². The number of carbonyl (C=O) groups excluding carboxylic acids is 1. The van der Waals surface area contributed by atoms with Crippen molar-refractivity contribution in [2.24, 2.45) is 0 Å². The Labute approximate surface area is 110 Å². The van der Waals surface area contributed by atoms with Gasteiger partial charge in [-0.3, -0.25) is 4.79 Å². The first kappa shape index (κ1) is 14.7. The molecule has 2 heteroatoms. The molecule has 0 spiro atoms. The molecule has 2 nitrogen and oxygen atoms in total. The molecule has 0 amide bonds. The molecule has 0 aliphatic rings. The zero-order valence-electron chi connectivity index (χ0n) is 11.5. The maximum absolute atomic E-state index is 10.9. The van der Waals surface area contributed by atoms with Crippen LogP contribution in [0.3, 0.4) is 0 Å². The predicted molar refractivity (Wildman–Crippen MR) is 74.6 cm³/mol. The van der Waals surface area contributed by atoms with E-state index in [0.717, 1.165) is 12.8 Å². The molecule has 1 atom stereocenters. The van der Waals surface area contributed by atoms with Gasteiger partial charge in [-0.25, -0.2) is 0 Å². The Morgan fingerprint density at radius 3 is 2.44 bits per heavy atom. The van der Waals surface area contributed by atoms with Gasteiger partial charge in [0.25, 0.3) is 0 Å². The topological polar surface area (TPSA) is 26.3 Å². The molecule has 1 aromatic rings. The van der Waals surface area contributed by atoms with Gasteiger partial charge in [0.2, 0.25) is 0 Å². The molecule has 100 valence electrons. The number of ether oxygens (including phenoxy) is 1. The zero-order valence-corrected chi connectivity index (χ0v) is 11.5. The van der Waals surface area contributed by atoms with Crippen LogP contribution in [-0.4, -0.2) is 13.1 Å². The summed E-state index contributed by atoms with van der Waals surface area (Å²) in [5.41, 5.74) is 1.42. The summed E-state index contributed by atoms with van der Waals surface area (Å²) in [6.07, 6.45) is 6.29. The summed E-state index contributed by atoms with van der Waals surface area (Å²) in [6, 6.07) is 10.7. The van der Waals surface area contributed by atoms with Crippen LogP contribution < -0.4 is 0 Å². The Bertz CT molecular complexity index is 332. The smallest absolute Gasteiger partial charge is 0.305 e. The lowest BCUT2D eigenvalue weighted by Gasteiger charge is -2.11. The molecule has 0 saturated carbocycles. The number of esters is 1. The summed E-state index contributed by atoms with van der Waals surface area (Å²) in [7, 11) is 1.45. The Balaban J connectivity index is 2.06. The summed E-state index contributed by atoms with van der Waals surface area (Å²) < 4.78 is 4.61. The maximum Gasteiger partial charge on any atom is 0.305 e. The average Bonchev–Trinajstić information content (AvgIpc) is 2.43. The SMILES string of the molecule is COC(=O)CCCCCCC(C)c1ccccc1. The van der Waals surface area contributed by atoms with Gasteiger partial charge in [-0.05, 0) is 24.3 Å². The number of rotatable bonds is 8. The fourth-order valence-corrected chi connectivity index (χ4v) is 2.12. The number of methoxy groups -OCH3 is 1. The van der Waals surface area contributed by atoms with Crippen LogP contribution in [0.4, 0.5) is 0 Å². The first-order valence-corrected chi connectivity index (χ1v) is 6.86. The van der Waals surface area contributed by atoms with Crippen molar-refractivity contribution >= 4 is 5.97 Å². The standard InChI is InChI=1S/C16H24O2/c1-14(15-11-7-5-8-12-15)10-6-3-4-9-13-16(17)18-2/h5,7-8,11-12,14H,3-4,6,9-10,13H2,1-2H3. The molecule has 0 fully saturated rings. The van der Waals surface area contributed by atoms with Crippen LogP contribution in [0.1, 0.15) is 56.9 Å². The minimum absolute atomic E-state index is 0.0901. The third kappa shape index (κ3) is 5.85. The molecule has 1 aromatic carbocycles. The van der Waals surface area contributed by atoms with Gasteiger partial charge in [-0.15, -0.1) is 0 Å². The second-order valence-electron chi connectivity index (χ2n) is 4.84. The van der Waals surface area contributed by atoms with Gasteiger partial charge >= 0.3 is 5.97 Å². The van der Waals surface area contributed by atoms with Gasteiger partial charge in [0, 0.05) is 6.42 Å². The Morgan fingerprint density at radius 1 is 1.11 bits per heavy atom. The highest BCUT2D eigenvalue weighted by Gasteiger charge is 2.04. The van der Waals surface area contributed by atoms with Gasteiger partial charge in [0.15, 0.2) is 0 Å². The van der Waals surface area contributed by atoms with E-state index < -0.39 is 0 Å². The summed E-state index contributed by atoms with van der Waals surface area (Å²) in [5.74, 6) is 0.541. The normalized spacial score (nSPS) is 12.1. The molecule has 1 rings (SSSR count). The van der Waals surface area contributed by atoms with E-state index >= 15 is 0 Å². The summed E-state index contributed by atoms with van der Waals surface area (Å²) in [5, 5.41) is 0. The third-order valence-corrected chi connectivity index (χ3v) is 3.36. The van der Waals surface area contributed by atoms with Crippen LogP contribution in [0.2, 0.25) is 0 Å². The average molecular weight is 248 g/mol. The van der Waals surface area contributed by atoms with Gasteiger partial charge in [0.1, 0.15) is 0 Å². The van der Waals surface area contributed by atoms with E-state index in [1.165, 1.54) is 31.9 Å². The first-order chi connectivity index (χ1) is 8.74. The van der Waals surface area contributed by atoms with Crippen LogP contribution in [0.15, 0.2) is 30.3 Å². The summed E-state index contributed by atoms with van der Waals surface area (Å²) >= 11 is 0. The van der Waals surface area contributed by atoms with E-state index in [1.54, 1.807) is 0 Å². The molecule has 0 saturated heterocycles. The van der Waals surface area contributed by atoms with Crippen molar-refractivity contribution in [2.45, 2.75) is 51.4 Å². The number of carbonyl (C=O) groups is 1. The maximum atomic E-state index is 10.9. The lowest BCUT2D eigenvalue weighted by atomic mass is 9.95. The first-order valence-electron chi connectivity index (χ1n) is 6.86. The molecular formula is C16H24O2. The highest BCUT2D eigenvalue weighted by Crippen LogP contribution is 2.21. The van der Waals surface area contributed by atoms with E-state index in [-0.39, 0.29) is 5.97 Å². The fourth-order valence-electron chi connectivity index (χ4n) is 2.12. The van der Waals surface area contributed by atoms with Gasteiger partial charge in [-0.1, -0.05) is 56.5 Å². The zero-order chi connectivity index (χ0) is 13.2.